The lowest BCUT2D eigenvalue weighted by molar-refractivity contribution is -0.160. The van der Waals surface area contributed by atoms with Crippen LogP contribution in [0.3, 0.4) is 0 Å². The van der Waals surface area contributed by atoms with E-state index in [0.717, 1.165) is 11.1 Å². The Hall–Kier alpha value is -2.88. The van der Waals surface area contributed by atoms with Crippen LogP contribution in [0.1, 0.15) is 37.3 Å². The molecule has 0 fully saturated rings. The molecule has 2 atom stereocenters. The minimum Gasteiger partial charge on any atom is -0.504 e. The van der Waals surface area contributed by atoms with Crippen molar-refractivity contribution in [2.45, 2.75) is 26.2 Å². The summed E-state index contributed by atoms with van der Waals surface area (Å²) < 4.78 is 5.28. The normalized spacial score (nSPS) is 22.5. The first-order chi connectivity index (χ1) is 12.6. The topological polar surface area (TPSA) is 63.6 Å². The number of ether oxygens (including phenoxy) is 1. The first-order valence-corrected chi connectivity index (χ1v) is 8.83. The molecule has 0 saturated heterocycles. The summed E-state index contributed by atoms with van der Waals surface area (Å²) in [6, 6.07) is 18.6. The maximum atomic E-state index is 13.1. The molecule has 2 aromatic rings. The van der Waals surface area contributed by atoms with E-state index in [9.17, 15) is 14.7 Å². The van der Waals surface area contributed by atoms with Gasteiger partial charge in [-0.1, -0.05) is 67.6 Å². The number of aliphatic hydroxyl groups is 1. The van der Waals surface area contributed by atoms with Crippen molar-refractivity contribution in [1.82, 2.24) is 0 Å². The molecule has 0 amide bonds. The summed E-state index contributed by atoms with van der Waals surface area (Å²) in [5.74, 6) is -2.09. The highest BCUT2D eigenvalue weighted by Crippen LogP contribution is 2.55. The Morgan fingerprint density at radius 3 is 2.15 bits per heavy atom. The molecule has 2 aromatic carbocycles. The summed E-state index contributed by atoms with van der Waals surface area (Å²) in [5.41, 5.74) is 0.564. The van der Waals surface area contributed by atoms with E-state index in [0.29, 0.717) is 5.57 Å². The van der Waals surface area contributed by atoms with Gasteiger partial charge in [-0.25, -0.2) is 0 Å². The Labute approximate surface area is 153 Å². The van der Waals surface area contributed by atoms with Crippen LogP contribution in [-0.4, -0.2) is 23.5 Å². The molecular formula is C22H22O4. The monoisotopic (exact) mass is 350 g/mol. The van der Waals surface area contributed by atoms with Crippen LogP contribution in [0.25, 0.3) is 5.57 Å². The van der Waals surface area contributed by atoms with Gasteiger partial charge in [0.2, 0.25) is 5.78 Å². The molecule has 0 radical (unpaired) electrons. The molecule has 4 heteroatoms. The van der Waals surface area contributed by atoms with Gasteiger partial charge >= 0.3 is 5.97 Å². The lowest BCUT2D eigenvalue weighted by atomic mass is 9.68. The molecule has 1 aliphatic carbocycles. The first-order valence-electron chi connectivity index (χ1n) is 8.83. The molecule has 0 unspecified atom stereocenters. The zero-order valence-corrected chi connectivity index (χ0v) is 14.9. The second-order valence-electron chi connectivity index (χ2n) is 6.35. The van der Waals surface area contributed by atoms with E-state index < -0.39 is 23.1 Å². The van der Waals surface area contributed by atoms with Gasteiger partial charge in [0.1, 0.15) is 5.41 Å². The molecule has 0 bridgehead atoms. The van der Waals surface area contributed by atoms with Crippen molar-refractivity contribution in [3.63, 3.8) is 0 Å². The average Bonchev–Trinajstić information content (AvgIpc) is 2.91. The van der Waals surface area contributed by atoms with Crippen LogP contribution in [0, 0.1) is 5.41 Å². The molecule has 0 spiro atoms. The molecule has 1 N–H and O–H groups in total. The van der Waals surface area contributed by atoms with Crippen molar-refractivity contribution >= 4 is 17.3 Å². The molecule has 3 rings (SSSR count). The maximum absolute atomic E-state index is 13.1. The van der Waals surface area contributed by atoms with E-state index in [2.05, 4.69) is 0 Å². The quantitative estimate of drug-likeness (QED) is 0.646. The van der Waals surface area contributed by atoms with Crippen molar-refractivity contribution < 1.29 is 19.4 Å². The van der Waals surface area contributed by atoms with E-state index in [1.54, 1.807) is 13.8 Å². The van der Waals surface area contributed by atoms with Crippen molar-refractivity contribution in [1.29, 1.82) is 0 Å². The van der Waals surface area contributed by atoms with E-state index in [-0.39, 0.29) is 18.8 Å². The van der Waals surface area contributed by atoms with E-state index in [1.165, 1.54) is 0 Å². The lowest BCUT2D eigenvalue weighted by Crippen LogP contribution is -2.42. The van der Waals surface area contributed by atoms with Crippen molar-refractivity contribution in [3.8, 4) is 0 Å². The Morgan fingerprint density at radius 1 is 1.04 bits per heavy atom. The Kier molecular flexibility index (Phi) is 4.94. The van der Waals surface area contributed by atoms with Gasteiger partial charge in [-0.3, -0.25) is 9.59 Å². The molecule has 134 valence electrons. The number of hydrogen-bond donors (Lipinski definition) is 1. The summed E-state index contributed by atoms with van der Waals surface area (Å²) in [7, 11) is 0. The second-order valence-corrected chi connectivity index (χ2v) is 6.35. The lowest BCUT2D eigenvalue weighted by Gasteiger charge is -2.32. The minimum absolute atomic E-state index is 0.177. The molecule has 0 heterocycles. The smallest absolute Gasteiger partial charge is 0.321 e. The maximum Gasteiger partial charge on any atom is 0.321 e. The molecule has 26 heavy (non-hydrogen) atoms. The Morgan fingerprint density at radius 2 is 1.62 bits per heavy atom. The van der Waals surface area contributed by atoms with Crippen LogP contribution in [-0.2, 0) is 14.3 Å². The van der Waals surface area contributed by atoms with Gasteiger partial charge in [0.25, 0.3) is 0 Å². The fraction of sp³-hybridized carbons (Fsp3) is 0.273. The third-order valence-electron chi connectivity index (χ3n) is 5.07. The second kappa shape index (κ2) is 7.16. The highest BCUT2D eigenvalue weighted by Gasteiger charge is 2.60. The summed E-state index contributed by atoms with van der Waals surface area (Å²) in [4.78, 5) is 26.1. The predicted molar refractivity (Wildman–Crippen MR) is 99.5 cm³/mol. The fourth-order valence-corrected chi connectivity index (χ4v) is 3.85. The number of rotatable bonds is 5. The molecule has 4 nitrogen and oxygen atoms in total. The predicted octanol–water partition coefficient (Wildman–Crippen LogP) is 4.28. The highest BCUT2D eigenvalue weighted by molar-refractivity contribution is 6.20. The summed E-state index contributed by atoms with van der Waals surface area (Å²) in [6.45, 7) is 3.67. The van der Waals surface area contributed by atoms with Crippen LogP contribution < -0.4 is 0 Å². The number of carbonyl (C=O) groups excluding carboxylic acids is 2. The highest BCUT2D eigenvalue weighted by atomic mass is 16.5. The summed E-state index contributed by atoms with van der Waals surface area (Å²) in [6.07, 6.45) is 0.241. The molecule has 1 aliphatic rings. The molecule has 0 aliphatic heterocycles. The SMILES string of the molecule is CCOC(=O)[C@]1(CC)C(=O)C(O)=C(c2ccccc2)[C@@H]1c1ccccc1. The zero-order chi connectivity index (χ0) is 18.7. The van der Waals surface area contributed by atoms with Crippen LogP contribution in [0.4, 0.5) is 0 Å². The first kappa shape index (κ1) is 17.9. The summed E-state index contributed by atoms with van der Waals surface area (Å²) >= 11 is 0. The third-order valence-corrected chi connectivity index (χ3v) is 5.07. The van der Waals surface area contributed by atoms with Gasteiger partial charge in [0.05, 0.1) is 6.61 Å². The standard InChI is InChI=1S/C22H22O4/c1-3-22(21(25)26-4-2)18(16-13-9-6-10-14-16)17(19(23)20(22)24)15-11-7-5-8-12-15/h5-14,18,23H,3-4H2,1-2H3/t18-,22-/m0/s1. The van der Waals surface area contributed by atoms with Gasteiger partial charge in [-0.2, -0.15) is 0 Å². The van der Waals surface area contributed by atoms with Crippen LogP contribution in [0.2, 0.25) is 0 Å². The molecule has 0 aromatic heterocycles. The molecular weight excluding hydrogens is 328 g/mol. The van der Waals surface area contributed by atoms with Crippen molar-refractivity contribution in [3.05, 3.63) is 77.5 Å². The fourth-order valence-electron chi connectivity index (χ4n) is 3.85. The van der Waals surface area contributed by atoms with Crippen LogP contribution in [0.5, 0.6) is 0 Å². The van der Waals surface area contributed by atoms with Crippen LogP contribution >= 0.6 is 0 Å². The Bertz CT molecular complexity index is 839. The number of hydrogen-bond acceptors (Lipinski definition) is 4. The van der Waals surface area contributed by atoms with Gasteiger partial charge in [0.15, 0.2) is 5.76 Å². The number of carbonyl (C=O) groups is 2. The zero-order valence-electron chi connectivity index (χ0n) is 14.9. The Balaban J connectivity index is 2.27. The number of aliphatic hydroxyl groups excluding tert-OH is 1. The third kappa shape index (κ3) is 2.62. The average molecular weight is 350 g/mol. The van der Waals surface area contributed by atoms with Crippen molar-refractivity contribution in [2.75, 3.05) is 6.61 Å². The van der Waals surface area contributed by atoms with Gasteiger partial charge < -0.3 is 9.84 Å². The van der Waals surface area contributed by atoms with Crippen molar-refractivity contribution in [2.24, 2.45) is 5.41 Å². The summed E-state index contributed by atoms with van der Waals surface area (Å²) in [5, 5.41) is 10.7. The minimum atomic E-state index is -1.45. The van der Waals surface area contributed by atoms with Gasteiger partial charge in [-0.05, 0) is 24.5 Å². The van der Waals surface area contributed by atoms with Gasteiger partial charge in [-0.15, -0.1) is 0 Å². The van der Waals surface area contributed by atoms with E-state index >= 15 is 0 Å². The number of ketones is 1. The van der Waals surface area contributed by atoms with E-state index in [1.807, 2.05) is 60.7 Å². The number of allylic oxidation sites excluding steroid dienone is 2. The van der Waals surface area contributed by atoms with E-state index in [4.69, 9.17) is 4.74 Å². The number of Topliss-reactive ketones (excluding diaryl/α,β-unsaturated/α-hetero) is 1. The number of esters is 1. The van der Waals surface area contributed by atoms with Crippen LogP contribution in [0.15, 0.2) is 66.4 Å². The number of benzene rings is 2. The largest absolute Gasteiger partial charge is 0.504 e. The molecule has 0 saturated carbocycles. The van der Waals surface area contributed by atoms with Gasteiger partial charge in [0, 0.05) is 11.5 Å².